The Labute approximate surface area is 121 Å². The van der Waals surface area contributed by atoms with Gasteiger partial charge in [-0.2, -0.15) is 5.26 Å². The van der Waals surface area contributed by atoms with Crippen molar-refractivity contribution in [3.8, 4) is 6.07 Å². The first kappa shape index (κ1) is 16.4. The lowest BCUT2D eigenvalue weighted by Crippen LogP contribution is -2.35. The van der Waals surface area contributed by atoms with Crippen molar-refractivity contribution in [3.05, 3.63) is 29.6 Å². The molecule has 0 aliphatic rings. The molecule has 0 heterocycles. The highest BCUT2D eigenvalue weighted by molar-refractivity contribution is 5.91. The molecule has 1 atom stereocenters. The van der Waals surface area contributed by atoms with Gasteiger partial charge in [0.15, 0.2) is 0 Å². The number of halogens is 1. The molecule has 0 spiro atoms. The van der Waals surface area contributed by atoms with Gasteiger partial charge in [-0.25, -0.2) is 9.18 Å². The van der Waals surface area contributed by atoms with Crippen LogP contribution in [0, 0.1) is 23.1 Å². The van der Waals surface area contributed by atoms with Gasteiger partial charge in [0.2, 0.25) is 0 Å². The molecule has 0 aromatic heterocycles. The van der Waals surface area contributed by atoms with Crippen molar-refractivity contribution in [1.82, 2.24) is 5.32 Å². The number of carboxylic acids is 1. The van der Waals surface area contributed by atoms with Gasteiger partial charge < -0.3 is 15.7 Å². The molecule has 1 unspecified atom stereocenters. The van der Waals surface area contributed by atoms with Crippen LogP contribution in [0.25, 0.3) is 0 Å². The molecule has 1 rings (SSSR count). The van der Waals surface area contributed by atoms with E-state index in [-0.39, 0.29) is 17.8 Å². The maximum Gasteiger partial charge on any atom is 0.319 e. The molecular formula is C14H16FN3O3. The summed E-state index contributed by atoms with van der Waals surface area (Å²) in [6.45, 7) is 1.84. The fraction of sp³-hybridized carbons (Fsp3) is 0.357. The highest BCUT2D eigenvalue weighted by Crippen LogP contribution is 2.15. The molecular weight excluding hydrogens is 277 g/mol. The van der Waals surface area contributed by atoms with Crippen LogP contribution in [0.3, 0.4) is 0 Å². The Morgan fingerprint density at radius 2 is 2.19 bits per heavy atom. The molecule has 1 aromatic rings. The van der Waals surface area contributed by atoms with Gasteiger partial charge in [-0.3, -0.25) is 4.79 Å². The second kappa shape index (κ2) is 7.85. The monoisotopic (exact) mass is 293 g/mol. The quantitative estimate of drug-likeness (QED) is 0.749. The topological polar surface area (TPSA) is 102 Å². The molecule has 7 heteroatoms. The minimum absolute atomic E-state index is 0.00603. The number of aliphatic carboxylic acids is 1. The Balaban J connectivity index is 2.62. The fourth-order valence-electron chi connectivity index (χ4n) is 1.76. The summed E-state index contributed by atoms with van der Waals surface area (Å²) in [5.74, 6) is -2.22. The van der Waals surface area contributed by atoms with Gasteiger partial charge in [-0.15, -0.1) is 0 Å². The number of carbonyl (C=O) groups is 2. The third kappa shape index (κ3) is 5.10. The van der Waals surface area contributed by atoms with Crippen molar-refractivity contribution >= 4 is 17.7 Å². The van der Waals surface area contributed by atoms with E-state index in [0.717, 1.165) is 12.1 Å². The molecule has 0 aliphatic heterocycles. The molecule has 0 fully saturated rings. The number of rotatable bonds is 6. The first-order valence-electron chi connectivity index (χ1n) is 6.45. The summed E-state index contributed by atoms with van der Waals surface area (Å²) >= 11 is 0. The van der Waals surface area contributed by atoms with Crippen molar-refractivity contribution < 1.29 is 19.1 Å². The normalized spacial score (nSPS) is 11.3. The number of hydrogen-bond donors (Lipinski definition) is 3. The third-order valence-electron chi connectivity index (χ3n) is 2.85. The van der Waals surface area contributed by atoms with Gasteiger partial charge in [0, 0.05) is 6.54 Å². The maximum atomic E-state index is 13.0. The van der Waals surface area contributed by atoms with Crippen molar-refractivity contribution in [2.45, 2.75) is 19.8 Å². The average molecular weight is 293 g/mol. The van der Waals surface area contributed by atoms with Gasteiger partial charge in [-0.05, 0) is 24.6 Å². The number of nitrogens with zero attached hydrogens (tertiary/aromatic N) is 1. The summed E-state index contributed by atoms with van der Waals surface area (Å²) in [7, 11) is 0. The molecule has 1 aromatic carbocycles. The minimum atomic E-state index is -0.975. The molecule has 112 valence electrons. The van der Waals surface area contributed by atoms with Crippen LogP contribution in [0.15, 0.2) is 18.2 Å². The van der Waals surface area contributed by atoms with E-state index in [9.17, 15) is 14.0 Å². The van der Waals surface area contributed by atoms with E-state index < -0.39 is 23.7 Å². The van der Waals surface area contributed by atoms with Crippen LogP contribution in [0.2, 0.25) is 0 Å². The molecule has 0 saturated heterocycles. The highest BCUT2D eigenvalue weighted by atomic mass is 19.1. The van der Waals surface area contributed by atoms with Crippen LogP contribution in [0.5, 0.6) is 0 Å². The number of nitriles is 1. The highest BCUT2D eigenvalue weighted by Gasteiger charge is 2.17. The predicted molar refractivity (Wildman–Crippen MR) is 74.2 cm³/mol. The number of carboxylic acid groups (broad SMARTS) is 1. The maximum absolute atomic E-state index is 13.0. The molecule has 3 N–H and O–H groups in total. The van der Waals surface area contributed by atoms with Gasteiger partial charge >= 0.3 is 12.0 Å². The van der Waals surface area contributed by atoms with Crippen LogP contribution in [-0.4, -0.2) is 23.7 Å². The number of anilines is 1. The van der Waals surface area contributed by atoms with E-state index in [0.29, 0.717) is 12.8 Å². The molecule has 0 bridgehead atoms. The summed E-state index contributed by atoms with van der Waals surface area (Å²) in [6, 6.07) is 4.53. The molecule has 0 radical (unpaired) electrons. The molecule has 0 aliphatic carbocycles. The number of nitrogens with one attached hydrogen (secondary N) is 2. The van der Waals surface area contributed by atoms with Crippen molar-refractivity contribution in [2.24, 2.45) is 5.92 Å². The minimum Gasteiger partial charge on any atom is -0.481 e. The van der Waals surface area contributed by atoms with Crippen LogP contribution < -0.4 is 10.6 Å². The van der Waals surface area contributed by atoms with E-state index in [1.807, 2.05) is 6.92 Å². The number of amides is 2. The van der Waals surface area contributed by atoms with Gasteiger partial charge in [0.05, 0.1) is 17.2 Å². The van der Waals surface area contributed by atoms with E-state index in [2.05, 4.69) is 10.6 Å². The zero-order valence-electron chi connectivity index (χ0n) is 11.5. The van der Waals surface area contributed by atoms with E-state index in [1.165, 1.54) is 6.07 Å². The molecule has 2 amide bonds. The lowest BCUT2D eigenvalue weighted by Gasteiger charge is -2.13. The zero-order valence-corrected chi connectivity index (χ0v) is 11.5. The van der Waals surface area contributed by atoms with Crippen LogP contribution >= 0.6 is 0 Å². The Morgan fingerprint density at radius 1 is 1.48 bits per heavy atom. The first-order valence-corrected chi connectivity index (χ1v) is 6.45. The number of urea groups is 1. The molecule has 6 nitrogen and oxygen atoms in total. The summed E-state index contributed by atoms with van der Waals surface area (Å²) in [5.41, 5.74) is 0.159. The smallest absolute Gasteiger partial charge is 0.319 e. The third-order valence-corrected chi connectivity index (χ3v) is 2.85. The Hall–Kier alpha value is -2.62. The second-order valence-corrected chi connectivity index (χ2v) is 4.46. The largest absolute Gasteiger partial charge is 0.481 e. The van der Waals surface area contributed by atoms with Crippen LogP contribution in [0.1, 0.15) is 25.3 Å². The standard InChI is InChI=1S/C14H16FN3O3/c1-2-3-9(13(19)20)8-17-14(21)18-12-5-4-11(15)6-10(12)7-16/h4-6,9H,2-3,8H2,1H3,(H,19,20)(H2,17,18,21). The van der Waals surface area contributed by atoms with Crippen LogP contribution in [-0.2, 0) is 4.79 Å². The Bertz CT molecular complexity index is 569. The van der Waals surface area contributed by atoms with E-state index in [4.69, 9.17) is 10.4 Å². The Morgan fingerprint density at radius 3 is 2.76 bits per heavy atom. The van der Waals surface area contributed by atoms with Crippen molar-refractivity contribution in [3.63, 3.8) is 0 Å². The SMILES string of the molecule is CCCC(CNC(=O)Nc1ccc(F)cc1C#N)C(=O)O. The number of hydrogen-bond acceptors (Lipinski definition) is 3. The molecule has 0 saturated carbocycles. The second-order valence-electron chi connectivity index (χ2n) is 4.46. The lowest BCUT2D eigenvalue weighted by atomic mass is 10.0. The lowest BCUT2D eigenvalue weighted by molar-refractivity contribution is -0.141. The average Bonchev–Trinajstić information content (AvgIpc) is 2.44. The summed E-state index contributed by atoms with van der Waals surface area (Å²) in [6.07, 6.45) is 1.15. The summed E-state index contributed by atoms with van der Waals surface area (Å²) < 4.78 is 13.0. The first-order chi connectivity index (χ1) is 9.97. The van der Waals surface area contributed by atoms with E-state index in [1.54, 1.807) is 6.07 Å². The predicted octanol–water partition coefficient (Wildman–Crippen LogP) is 2.32. The van der Waals surface area contributed by atoms with Crippen molar-refractivity contribution in [2.75, 3.05) is 11.9 Å². The number of carbonyl (C=O) groups excluding carboxylic acids is 1. The molecule has 21 heavy (non-hydrogen) atoms. The summed E-state index contributed by atoms with van der Waals surface area (Å²) in [4.78, 5) is 22.6. The summed E-state index contributed by atoms with van der Waals surface area (Å²) in [5, 5.41) is 22.6. The Kier molecular flexibility index (Phi) is 6.14. The van der Waals surface area contributed by atoms with Gasteiger partial charge in [0.1, 0.15) is 11.9 Å². The van der Waals surface area contributed by atoms with E-state index >= 15 is 0 Å². The number of benzene rings is 1. The van der Waals surface area contributed by atoms with Gasteiger partial charge in [0.25, 0.3) is 0 Å². The fourth-order valence-corrected chi connectivity index (χ4v) is 1.76. The van der Waals surface area contributed by atoms with Gasteiger partial charge in [-0.1, -0.05) is 13.3 Å². The van der Waals surface area contributed by atoms with Crippen molar-refractivity contribution in [1.29, 1.82) is 5.26 Å². The van der Waals surface area contributed by atoms with Crippen LogP contribution in [0.4, 0.5) is 14.9 Å². The zero-order chi connectivity index (χ0) is 15.8.